The molecule has 0 aliphatic heterocycles. The molecule has 0 radical (unpaired) electrons. The zero-order valence-corrected chi connectivity index (χ0v) is 11.3. The van der Waals surface area contributed by atoms with Crippen molar-refractivity contribution in [2.24, 2.45) is 7.05 Å². The van der Waals surface area contributed by atoms with Gasteiger partial charge in [-0.1, -0.05) is 19.1 Å². The molecule has 19 heavy (non-hydrogen) atoms. The van der Waals surface area contributed by atoms with Gasteiger partial charge in [0.2, 0.25) is 0 Å². The van der Waals surface area contributed by atoms with Gasteiger partial charge in [-0.3, -0.25) is 4.68 Å². The maximum Gasteiger partial charge on any atom is 0.0853 e. The first-order chi connectivity index (χ1) is 9.28. The summed E-state index contributed by atoms with van der Waals surface area (Å²) in [4.78, 5) is 3.24. The van der Waals surface area contributed by atoms with Gasteiger partial charge >= 0.3 is 0 Å². The van der Waals surface area contributed by atoms with Crippen molar-refractivity contribution < 1.29 is 0 Å². The second-order valence-electron chi connectivity index (χ2n) is 4.73. The first kappa shape index (κ1) is 11.8. The summed E-state index contributed by atoms with van der Waals surface area (Å²) in [6, 6.07) is 8.46. The van der Waals surface area contributed by atoms with E-state index in [9.17, 15) is 0 Å². The molecule has 1 aromatic carbocycles. The zero-order chi connectivity index (χ0) is 13.2. The van der Waals surface area contributed by atoms with E-state index in [4.69, 9.17) is 0 Å². The molecule has 0 saturated carbocycles. The monoisotopic (exact) mass is 254 g/mol. The third kappa shape index (κ3) is 2.21. The van der Waals surface area contributed by atoms with Crippen LogP contribution in [-0.4, -0.2) is 14.8 Å². The Balaban J connectivity index is 1.84. The van der Waals surface area contributed by atoms with E-state index in [1.165, 1.54) is 16.5 Å². The van der Waals surface area contributed by atoms with Gasteiger partial charge in [-0.25, -0.2) is 0 Å². The topological polar surface area (TPSA) is 45.6 Å². The van der Waals surface area contributed by atoms with E-state index in [-0.39, 0.29) is 0 Å². The highest BCUT2D eigenvalue weighted by Crippen LogP contribution is 2.20. The molecular weight excluding hydrogens is 236 g/mol. The van der Waals surface area contributed by atoms with Crippen molar-refractivity contribution in [3.63, 3.8) is 0 Å². The van der Waals surface area contributed by atoms with Crippen LogP contribution in [0.5, 0.6) is 0 Å². The quantitative estimate of drug-likeness (QED) is 0.751. The van der Waals surface area contributed by atoms with Gasteiger partial charge in [-0.2, -0.15) is 5.10 Å². The predicted molar refractivity (Wildman–Crippen MR) is 78.2 cm³/mol. The molecule has 3 rings (SSSR count). The van der Waals surface area contributed by atoms with Crippen molar-refractivity contribution in [3.05, 3.63) is 47.9 Å². The van der Waals surface area contributed by atoms with Crippen LogP contribution in [0.1, 0.15) is 18.2 Å². The highest BCUT2D eigenvalue weighted by atomic mass is 15.3. The van der Waals surface area contributed by atoms with E-state index in [1.807, 2.05) is 24.1 Å². The summed E-state index contributed by atoms with van der Waals surface area (Å²) >= 11 is 0. The average Bonchev–Trinajstić information content (AvgIpc) is 3.02. The first-order valence-electron chi connectivity index (χ1n) is 6.59. The van der Waals surface area contributed by atoms with Crippen LogP contribution in [0.3, 0.4) is 0 Å². The molecular formula is C15H18N4. The molecule has 0 amide bonds. The lowest BCUT2D eigenvalue weighted by Gasteiger charge is -2.07. The molecule has 0 bridgehead atoms. The van der Waals surface area contributed by atoms with Crippen LogP contribution >= 0.6 is 0 Å². The normalized spacial score (nSPS) is 11.1. The Hall–Kier alpha value is -2.23. The fourth-order valence-electron chi connectivity index (χ4n) is 2.44. The number of aryl methyl sites for hydroxylation is 2. The lowest BCUT2D eigenvalue weighted by atomic mass is 10.1. The van der Waals surface area contributed by atoms with Gasteiger partial charge in [0.25, 0.3) is 0 Å². The van der Waals surface area contributed by atoms with Crippen LogP contribution < -0.4 is 5.32 Å². The van der Waals surface area contributed by atoms with Gasteiger partial charge in [-0.15, -0.1) is 0 Å². The Kier molecular flexibility index (Phi) is 2.99. The fraction of sp³-hybridized carbons (Fsp3) is 0.267. The molecule has 98 valence electrons. The lowest BCUT2D eigenvalue weighted by Crippen LogP contribution is -2.01. The molecule has 0 saturated heterocycles. The SMILES string of the molecule is CCc1nn(C)cc1NCc1cccc2[nH]ccc12. The molecule has 2 aromatic heterocycles. The van der Waals surface area contributed by atoms with Gasteiger partial charge in [0, 0.05) is 36.9 Å². The molecule has 4 nitrogen and oxygen atoms in total. The minimum atomic E-state index is 0.813. The van der Waals surface area contributed by atoms with Crippen molar-refractivity contribution in [2.75, 3.05) is 5.32 Å². The second kappa shape index (κ2) is 4.80. The highest BCUT2D eigenvalue weighted by molar-refractivity contribution is 5.83. The number of nitrogens with zero attached hydrogens (tertiary/aromatic N) is 2. The van der Waals surface area contributed by atoms with E-state index < -0.39 is 0 Å². The minimum Gasteiger partial charge on any atom is -0.378 e. The molecule has 0 atom stereocenters. The Morgan fingerprint density at radius 3 is 3.05 bits per heavy atom. The van der Waals surface area contributed by atoms with Crippen LogP contribution in [0.4, 0.5) is 5.69 Å². The maximum absolute atomic E-state index is 4.44. The fourth-order valence-corrected chi connectivity index (χ4v) is 2.44. The number of H-pyrrole nitrogens is 1. The molecule has 4 heteroatoms. The summed E-state index contributed by atoms with van der Waals surface area (Å²) in [5.74, 6) is 0. The van der Waals surface area contributed by atoms with Crippen molar-refractivity contribution >= 4 is 16.6 Å². The van der Waals surface area contributed by atoms with Crippen molar-refractivity contribution in [2.45, 2.75) is 19.9 Å². The summed E-state index contributed by atoms with van der Waals surface area (Å²) in [5, 5.41) is 9.20. The highest BCUT2D eigenvalue weighted by Gasteiger charge is 2.06. The molecule has 0 aliphatic rings. The standard InChI is InChI=1S/C15H18N4/c1-3-13-15(10-19(2)18-13)17-9-11-5-4-6-14-12(11)7-8-16-14/h4-8,10,16-17H,3,9H2,1-2H3. The van der Waals surface area contributed by atoms with Gasteiger partial charge in [-0.05, 0) is 24.1 Å². The van der Waals surface area contributed by atoms with E-state index in [1.54, 1.807) is 0 Å². The van der Waals surface area contributed by atoms with Crippen molar-refractivity contribution in [3.8, 4) is 0 Å². The third-order valence-electron chi connectivity index (χ3n) is 3.39. The van der Waals surface area contributed by atoms with Gasteiger partial charge in [0.15, 0.2) is 0 Å². The Labute approximate surface area is 112 Å². The number of rotatable bonds is 4. The number of benzene rings is 1. The van der Waals surface area contributed by atoms with Crippen LogP contribution in [0, 0.1) is 0 Å². The molecule has 0 spiro atoms. The first-order valence-corrected chi connectivity index (χ1v) is 6.59. The summed E-state index contributed by atoms with van der Waals surface area (Å²) in [6.07, 6.45) is 4.96. The number of anilines is 1. The average molecular weight is 254 g/mol. The zero-order valence-electron chi connectivity index (χ0n) is 11.3. The van der Waals surface area contributed by atoms with Crippen LogP contribution in [-0.2, 0) is 20.0 Å². The predicted octanol–water partition coefficient (Wildman–Crippen LogP) is 3.08. The summed E-state index contributed by atoms with van der Waals surface area (Å²) in [7, 11) is 1.96. The van der Waals surface area contributed by atoms with Crippen molar-refractivity contribution in [1.29, 1.82) is 0 Å². The molecule has 0 fully saturated rings. The van der Waals surface area contributed by atoms with Crippen LogP contribution in [0.15, 0.2) is 36.7 Å². The molecule has 0 unspecified atom stereocenters. The smallest absolute Gasteiger partial charge is 0.0853 e. The van der Waals surface area contributed by atoms with E-state index in [2.05, 4.69) is 46.6 Å². The van der Waals surface area contributed by atoms with Crippen LogP contribution in [0.25, 0.3) is 10.9 Å². The van der Waals surface area contributed by atoms with E-state index in [0.717, 1.165) is 24.3 Å². The summed E-state index contributed by atoms with van der Waals surface area (Å²) < 4.78 is 1.86. The Morgan fingerprint density at radius 2 is 2.21 bits per heavy atom. The van der Waals surface area contributed by atoms with E-state index >= 15 is 0 Å². The largest absolute Gasteiger partial charge is 0.378 e. The number of aromatic nitrogens is 3. The Bertz CT molecular complexity index is 693. The lowest BCUT2D eigenvalue weighted by molar-refractivity contribution is 0.746. The Morgan fingerprint density at radius 1 is 1.32 bits per heavy atom. The maximum atomic E-state index is 4.44. The molecule has 2 heterocycles. The number of aromatic amines is 1. The second-order valence-corrected chi connectivity index (χ2v) is 4.73. The number of hydrogen-bond donors (Lipinski definition) is 2. The van der Waals surface area contributed by atoms with Gasteiger partial charge < -0.3 is 10.3 Å². The summed E-state index contributed by atoms with van der Waals surface area (Å²) in [6.45, 7) is 2.94. The third-order valence-corrected chi connectivity index (χ3v) is 3.39. The minimum absolute atomic E-state index is 0.813. The number of hydrogen-bond acceptors (Lipinski definition) is 2. The van der Waals surface area contributed by atoms with Crippen molar-refractivity contribution in [1.82, 2.24) is 14.8 Å². The molecule has 3 aromatic rings. The molecule has 2 N–H and O–H groups in total. The number of fused-ring (bicyclic) bond motifs is 1. The van der Waals surface area contributed by atoms with Gasteiger partial charge in [0.1, 0.15) is 0 Å². The summed E-state index contributed by atoms with van der Waals surface area (Å²) in [5.41, 5.74) is 4.71. The molecule has 0 aliphatic carbocycles. The number of nitrogens with one attached hydrogen (secondary N) is 2. The van der Waals surface area contributed by atoms with Gasteiger partial charge in [0.05, 0.1) is 11.4 Å². The van der Waals surface area contributed by atoms with Crippen LogP contribution in [0.2, 0.25) is 0 Å². The van der Waals surface area contributed by atoms with E-state index in [0.29, 0.717) is 0 Å².